The quantitative estimate of drug-likeness (QED) is 0.195. The van der Waals surface area contributed by atoms with Gasteiger partial charge in [0.1, 0.15) is 6.10 Å². The number of aliphatic hydroxyl groups excluding tert-OH is 1. The van der Waals surface area contributed by atoms with E-state index in [0.29, 0.717) is 105 Å². The van der Waals surface area contributed by atoms with Gasteiger partial charge in [-0.1, -0.05) is 13.8 Å². The van der Waals surface area contributed by atoms with E-state index in [1.807, 2.05) is 39.0 Å². The molecule has 5 atom stereocenters. The molecule has 0 amide bonds. The third-order valence-corrected chi connectivity index (χ3v) is 12.6. The summed E-state index contributed by atoms with van der Waals surface area (Å²) in [5, 5.41) is 33.9. The summed E-state index contributed by atoms with van der Waals surface area (Å²) in [6.07, 6.45) is 0.321. The minimum absolute atomic E-state index is 0.0198. The van der Waals surface area contributed by atoms with Crippen molar-refractivity contribution >= 4 is 0 Å². The molecule has 5 aliphatic rings. The second-order valence-corrected chi connectivity index (χ2v) is 16.0. The van der Waals surface area contributed by atoms with E-state index in [1.165, 1.54) is 7.11 Å². The van der Waals surface area contributed by atoms with E-state index in [-0.39, 0.29) is 32.2 Å². The minimum Gasteiger partial charge on any atom is -0.493 e. The van der Waals surface area contributed by atoms with Gasteiger partial charge in [-0.05, 0) is 85.0 Å². The lowest BCUT2D eigenvalue weighted by atomic mass is 9.73. The normalized spacial score (nSPS) is 23.8. The topological polar surface area (TPSA) is 171 Å². The van der Waals surface area contributed by atoms with Crippen molar-refractivity contribution in [3.63, 3.8) is 0 Å². The molecule has 15 heteroatoms. The zero-order chi connectivity index (χ0) is 42.8. The van der Waals surface area contributed by atoms with Crippen molar-refractivity contribution in [2.24, 2.45) is 11.8 Å². The Morgan fingerprint density at radius 3 is 1.43 bits per heavy atom. The molecule has 4 aromatic carbocycles. The Labute approximate surface area is 348 Å². The van der Waals surface area contributed by atoms with Crippen LogP contribution < -0.4 is 56.8 Å². The second-order valence-electron chi connectivity index (χ2n) is 16.0. The molecule has 322 valence electrons. The Morgan fingerprint density at radius 2 is 0.950 bits per heavy atom. The average molecular weight is 833 g/mol. The minimum atomic E-state index is -1.41. The van der Waals surface area contributed by atoms with Crippen LogP contribution in [0.5, 0.6) is 69.0 Å². The molecule has 0 fully saturated rings. The maximum absolute atomic E-state index is 11.3. The first-order valence-electron chi connectivity index (χ1n) is 19.7. The summed E-state index contributed by atoms with van der Waals surface area (Å²) in [5.74, 6) is 5.91. The van der Waals surface area contributed by atoms with Gasteiger partial charge >= 0.3 is 0 Å². The Bertz CT molecular complexity index is 2330. The molecule has 3 aliphatic heterocycles. The van der Waals surface area contributed by atoms with Crippen LogP contribution in [0, 0.1) is 11.8 Å². The largest absolute Gasteiger partial charge is 0.493 e. The number of hydrogen-bond donors (Lipinski definition) is 3. The second kappa shape index (κ2) is 15.4. The summed E-state index contributed by atoms with van der Waals surface area (Å²) in [5.41, 5.74) is 3.80. The third kappa shape index (κ3) is 6.36. The monoisotopic (exact) mass is 832 g/mol. The van der Waals surface area contributed by atoms with Crippen LogP contribution in [0.25, 0.3) is 22.3 Å². The number of ether oxygens (including phenoxy) is 12. The lowest BCUT2D eigenvalue weighted by Crippen LogP contribution is -2.41. The molecule has 60 heavy (non-hydrogen) atoms. The summed E-state index contributed by atoms with van der Waals surface area (Å²) >= 11 is 0. The van der Waals surface area contributed by atoms with Gasteiger partial charge in [0.05, 0.1) is 53.9 Å². The lowest BCUT2D eigenvalue weighted by Gasteiger charge is -2.39. The highest BCUT2D eigenvalue weighted by atomic mass is 16.7. The highest BCUT2D eigenvalue weighted by Crippen LogP contribution is 2.60. The molecule has 0 radical (unpaired) electrons. The highest BCUT2D eigenvalue weighted by Gasteiger charge is 2.45. The standard InChI is InChI=1S/C23H28O7.C22H24O8/c1-12-7-13-8-16-20(30-11-29-16)22(28-6)17(13)18-14(10-23(12,2)24)9-15(25-3)19(26-4)21(18)27-5;1-10-5-11-6-13-17(29-8-27-13)19(25-3)15(11)16-12(21(23)22(10,2)24)7-14-18(20(16)26-4)30-9-28-14/h8-9,12,24H,7,10-11H2,1-6H3;6-7,10,21,23-24H,5,8-9H2,1-4H3/t12?,23-;10?,21-,22-/m10/s1. The molecule has 3 N–H and O–H groups in total. The van der Waals surface area contributed by atoms with E-state index in [1.54, 1.807) is 48.5 Å². The van der Waals surface area contributed by atoms with Crippen LogP contribution in [0.3, 0.4) is 0 Å². The summed E-state index contributed by atoms with van der Waals surface area (Å²) in [6.45, 7) is 7.72. The van der Waals surface area contributed by atoms with Gasteiger partial charge in [-0.3, -0.25) is 0 Å². The number of aliphatic hydroxyl groups is 3. The van der Waals surface area contributed by atoms with E-state index >= 15 is 0 Å². The molecule has 2 unspecified atom stereocenters. The van der Waals surface area contributed by atoms with Crippen LogP contribution in [0.2, 0.25) is 0 Å². The van der Waals surface area contributed by atoms with Crippen LogP contribution in [0.4, 0.5) is 0 Å². The molecule has 4 aromatic rings. The average Bonchev–Trinajstić information content (AvgIpc) is 4.02. The third-order valence-electron chi connectivity index (χ3n) is 12.6. The molecule has 0 spiro atoms. The van der Waals surface area contributed by atoms with Crippen molar-refractivity contribution in [2.45, 2.75) is 64.3 Å². The van der Waals surface area contributed by atoms with Gasteiger partial charge < -0.3 is 72.2 Å². The fourth-order valence-electron chi connectivity index (χ4n) is 8.94. The first-order valence-corrected chi connectivity index (χ1v) is 19.7. The van der Waals surface area contributed by atoms with Gasteiger partial charge in [0.25, 0.3) is 0 Å². The molecule has 0 bridgehead atoms. The van der Waals surface area contributed by atoms with Crippen LogP contribution in [0.15, 0.2) is 24.3 Å². The van der Waals surface area contributed by atoms with Gasteiger partial charge in [0.2, 0.25) is 43.4 Å². The zero-order valence-corrected chi connectivity index (χ0v) is 35.5. The number of hydrogen-bond acceptors (Lipinski definition) is 15. The van der Waals surface area contributed by atoms with Gasteiger partial charge in [-0.25, -0.2) is 0 Å². The van der Waals surface area contributed by atoms with E-state index in [0.717, 1.165) is 27.8 Å². The maximum Gasteiger partial charge on any atom is 0.231 e. The molecule has 9 rings (SSSR count). The van der Waals surface area contributed by atoms with Gasteiger partial charge in [-0.2, -0.15) is 0 Å². The predicted molar refractivity (Wildman–Crippen MR) is 217 cm³/mol. The molecular formula is C45H52O15. The molecular weight excluding hydrogens is 780 g/mol. The molecule has 0 saturated carbocycles. The van der Waals surface area contributed by atoms with Crippen LogP contribution >= 0.6 is 0 Å². The van der Waals surface area contributed by atoms with Gasteiger partial charge in [0.15, 0.2) is 46.0 Å². The summed E-state index contributed by atoms with van der Waals surface area (Å²) in [7, 11) is 9.46. The first kappa shape index (κ1) is 41.1. The molecule has 2 aliphatic carbocycles. The van der Waals surface area contributed by atoms with Crippen LogP contribution in [0.1, 0.15) is 56.1 Å². The van der Waals surface area contributed by atoms with Crippen LogP contribution in [-0.2, 0) is 19.3 Å². The zero-order valence-electron chi connectivity index (χ0n) is 35.5. The number of benzene rings is 4. The highest BCUT2D eigenvalue weighted by molar-refractivity contribution is 5.90. The smallest absolute Gasteiger partial charge is 0.231 e. The Kier molecular flexibility index (Phi) is 10.6. The van der Waals surface area contributed by atoms with Crippen LogP contribution in [-0.4, -0.2) is 89.6 Å². The van der Waals surface area contributed by atoms with E-state index in [9.17, 15) is 15.3 Å². The summed E-state index contributed by atoms with van der Waals surface area (Å²) < 4.78 is 68.3. The van der Waals surface area contributed by atoms with Crippen molar-refractivity contribution in [3.8, 4) is 91.2 Å². The number of methoxy groups -OCH3 is 6. The van der Waals surface area contributed by atoms with Gasteiger partial charge in [-0.15, -0.1) is 0 Å². The van der Waals surface area contributed by atoms with E-state index in [2.05, 4.69) is 0 Å². The van der Waals surface area contributed by atoms with Crippen molar-refractivity contribution in [3.05, 3.63) is 46.5 Å². The maximum atomic E-state index is 11.3. The van der Waals surface area contributed by atoms with Gasteiger partial charge in [0, 0.05) is 28.7 Å². The fourth-order valence-corrected chi connectivity index (χ4v) is 8.94. The van der Waals surface area contributed by atoms with E-state index < -0.39 is 17.3 Å². The molecule has 0 aromatic heterocycles. The Morgan fingerprint density at radius 1 is 0.517 bits per heavy atom. The summed E-state index contributed by atoms with van der Waals surface area (Å²) in [6, 6.07) is 7.47. The lowest BCUT2D eigenvalue weighted by molar-refractivity contribution is -0.0988. The Balaban J connectivity index is 0.000000166. The fraction of sp³-hybridized carbons (Fsp3) is 0.467. The predicted octanol–water partition coefficient (Wildman–Crippen LogP) is 6.41. The van der Waals surface area contributed by atoms with E-state index in [4.69, 9.17) is 56.8 Å². The number of rotatable bonds is 6. The Hall–Kier alpha value is -5.64. The summed E-state index contributed by atoms with van der Waals surface area (Å²) in [4.78, 5) is 0. The molecule has 0 saturated heterocycles. The first-order chi connectivity index (χ1) is 28.7. The van der Waals surface area contributed by atoms with Crippen molar-refractivity contribution in [1.82, 2.24) is 0 Å². The SMILES string of the molecule is COc1c2c(cc3c1-c1c(cc4c(c1OC)OCO4)[C@H](O)[C@@](C)(O)C(C)C3)OCO2.COc1cc2c(c(OC)c1OC)-c1c(cc3c(c1OC)OCO3)CC(C)[C@](C)(O)C2. The molecule has 15 nitrogen and oxygen atoms in total. The van der Waals surface area contributed by atoms with Crippen molar-refractivity contribution in [1.29, 1.82) is 0 Å². The van der Waals surface area contributed by atoms with Crippen molar-refractivity contribution in [2.75, 3.05) is 63.0 Å². The van der Waals surface area contributed by atoms with Crippen molar-refractivity contribution < 1.29 is 72.2 Å². The number of fused-ring (bicyclic) bond motifs is 9. The molecule has 3 heterocycles.